The number of nitrogens with one attached hydrogen (secondary N) is 2. The highest BCUT2D eigenvalue weighted by Crippen LogP contribution is 2.27. The minimum atomic E-state index is -0.646. The molecule has 2 N–H and O–H groups in total. The molecule has 1 amide bonds. The molecule has 9 heteroatoms. The van der Waals surface area contributed by atoms with Crippen LogP contribution in [0.25, 0.3) is 10.2 Å². The normalized spacial score (nSPS) is 10.6. The SMILES string of the molecule is CCCCc1ccc2nc(NC(=S)NC(=O)c3ccccc3[N+](=O)[O-])sc2c1. The van der Waals surface area contributed by atoms with Crippen molar-refractivity contribution in [3.8, 4) is 0 Å². The van der Waals surface area contributed by atoms with Gasteiger partial charge in [-0.15, -0.1) is 0 Å². The molecule has 2 aromatic carbocycles. The fourth-order valence-electron chi connectivity index (χ4n) is 2.68. The number of carbonyl (C=O) groups is 1. The van der Waals surface area contributed by atoms with Gasteiger partial charge in [0.05, 0.1) is 15.1 Å². The molecule has 3 rings (SSSR count). The monoisotopic (exact) mass is 414 g/mol. The predicted molar refractivity (Wildman–Crippen MR) is 115 cm³/mol. The van der Waals surface area contributed by atoms with Crippen molar-refractivity contribution >= 4 is 55.6 Å². The Morgan fingerprint density at radius 1 is 1.29 bits per heavy atom. The van der Waals surface area contributed by atoms with E-state index in [2.05, 4.69) is 34.7 Å². The van der Waals surface area contributed by atoms with Crippen molar-refractivity contribution in [3.05, 3.63) is 63.7 Å². The van der Waals surface area contributed by atoms with Gasteiger partial charge in [0, 0.05) is 6.07 Å². The van der Waals surface area contributed by atoms with E-state index in [1.165, 1.54) is 35.1 Å². The zero-order chi connectivity index (χ0) is 20.1. The molecule has 28 heavy (non-hydrogen) atoms. The molecule has 0 spiro atoms. The van der Waals surface area contributed by atoms with Gasteiger partial charge in [0.2, 0.25) is 0 Å². The lowest BCUT2D eigenvalue weighted by Crippen LogP contribution is -2.34. The number of fused-ring (bicyclic) bond motifs is 1. The van der Waals surface area contributed by atoms with Crippen LogP contribution in [-0.2, 0) is 6.42 Å². The highest BCUT2D eigenvalue weighted by Gasteiger charge is 2.20. The van der Waals surface area contributed by atoms with E-state index in [9.17, 15) is 14.9 Å². The Morgan fingerprint density at radius 3 is 2.82 bits per heavy atom. The standard InChI is InChI=1S/C19H18N4O3S2/c1-2-3-6-12-9-10-14-16(11-12)28-19(20-14)22-18(27)21-17(24)13-7-4-5-8-15(13)23(25)26/h4-5,7-11H,2-3,6H2,1H3,(H2,20,21,22,24,27). The molecule has 1 heterocycles. The number of nitrogens with zero attached hydrogens (tertiary/aromatic N) is 2. The number of hydrogen-bond donors (Lipinski definition) is 2. The number of carbonyl (C=O) groups excluding carboxylic acids is 1. The highest BCUT2D eigenvalue weighted by molar-refractivity contribution is 7.80. The van der Waals surface area contributed by atoms with E-state index in [-0.39, 0.29) is 16.4 Å². The summed E-state index contributed by atoms with van der Waals surface area (Å²) in [5.74, 6) is -0.646. The molecule has 0 aliphatic heterocycles. The summed E-state index contributed by atoms with van der Waals surface area (Å²) in [4.78, 5) is 27.3. The molecule has 0 aliphatic carbocycles. The van der Waals surface area contributed by atoms with E-state index >= 15 is 0 Å². The third-order valence-corrected chi connectivity index (χ3v) is 5.20. The summed E-state index contributed by atoms with van der Waals surface area (Å²) < 4.78 is 1.03. The Morgan fingerprint density at radius 2 is 2.07 bits per heavy atom. The average molecular weight is 415 g/mol. The Labute approximate surface area is 170 Å². The first-order valence-corrected chi connectivity index (χ1v) is 9.95. The number of thiocarbonyl (C=S) groups is 1. The lowest BCUT2D eigenvalue weighted by molar-refractivity contribution is -0.385. The Bertz CT molecular complexity index is 1050. The average Bonchev–Trinajstić information content (AvgIpc) is 3.07. The first-order chi connectivity index (χ1) is 13.5. The van der Waals surface area contributed by atoms with Gasteiger partial charge < -0.3 is 5.32 Å². The molecule has 0 atom stereocenters. The van der Waals surface area contributed by atoms with E-state index < -0.39 is 10.8 Å². The summed E-state index contributed by atoms with van der Waals surface area (Å²) in [5.41, 5.74) is 1.78. The molecule has 0 bridgehead atoms. The third-order valence-electron chi connectivity index (χ3n) is 4.06. The fraction of sp³-hybridized carbons (Fsp3) is 0.211. The number of unbranched alkanes of at least 4 members (excludes halogenated alkanes) is 1. The molecule has 0 unspecified atom stereocenters. The molecule has 3 aromatic rings. The Kier molecular flexibility index (Phi) is 6.27. The molecule has 0 radical (unpaired) electrons. The van der Waals surface area contributed by atoms with Gasteiger partial charge in [-0.05, 0) is 48.8 Å². The number of amides is 1. The van der Waals surface area contributed by atoms with Crippen LogP contribution in [0.1, 0.15) is 35.7 Å². The van der Waals surface area contributed by atoms with Gasteiger partial charge in [-0.1, -0.05) is 42.9 Å². The molecule has 0 fully saturated rings. The van der Waals surface area contributed by atoms with Gasteiger partial charge in [-0.2, -0.15) is 0 Å². The zero-order valence-electron chi connectivity index (χ0n) is 15.1. The minimum absolute atomic E-state index is 0.0356. The number of para-hydroxylation sites is 1. The number of nitro groups is 1. The maximum Gasteiger partial charge on any atom is 0.282 e. The topological polar surface area (TPSA) is 97.2 Å². The number of nitro benzene ring substituents is 1. The van der Waals surface area contributed by atoms with E-state index in [1.54, 1.807) is 6.07 Å². The van der Waals surface area contributed by atoms with Crippen LogP contribution in [0.5, 0.6) is 0 Å². The second-order valence-corrected chi connectivity index (χ2v) is 7.55. The number of hydrogen-bond acceptors (Lipinski definition) is 6. The Hall–Kier alpha value is -2.91. The van der Waals surface area contributed by atoms with Crippen LogP contribution >= 0.6 is 23.6 Å². The van der Waals surface area contributed by atoms with E-state index in [1.807, 2.05) is 6.07 Å². The van der Waals surface area contributed by atoms with Crippen LogP contribution < -0.4 is 10.6 Å². The lowest BCUT2D eigenvalue weighted by Gasteiger charge is -2.07. The van der Waals surface area contributed by atoms with E-state index in [0.717, 1.165) is 29.5 Å². The predicted octanol–water partition coefficient (Wildman–Crippen LogP) is 4.67. The van der Waals surface area contributed by atoms with Gasteiger partial charge >= 0.3 is 0 Å². The maximum absolute atomic E-state index is 12.3. The lowest BCUT2D eigenvalue weighted by atomic mass is 10.1. The van der Waals surface area contributed by atoms with Crippen molar-refractivity contribution < 1.29 is 9.72 Å². The molecule has 0 saturated carbocycles. The first-order valence-electron chi connectivity index (χ1n) is 8.73. The van der Waals surface area contributed by atoms with Gasteiger partial charge in [0.25, 0.3) is 11.6 Å². The number of benzene rings is 2. The second kappa shape index (κ2) is 8.85. The summed E-state index contributed by atoms with van der Waals surface area (Å²) in [5, 5.41) is 17.0. The van der Waals surface area contributed by atoms with Crippen molar-refractivity contribution in [1.82, 2.24) is 10.3 Å². The smallest absolute Gasteiger partial charge is 0.282 e. The van der Waals surface area contributed by atoms with Crippen LogP contribution in [-0.4, -0.2) is 20.9 Å². The quantitative estimate of drug-likeness (QED) is 0.345. The van der Waals surface area contributed by atoms with Crippen LogP contribution in [0, 0.1) is 10.1 Å². The third kappa shape index (κ3) is 4.68. The molecule has 0 saturated heterocycles. The largest absolute Gasteiger partial charge is 0.308 e. The van der Waals surface area contributed by atoms with Crippen molar-refractivity contribution in [2.24, 2.45) is 0 Å². The molecular formula is C19H18N4O3S2. The zero-order valence-corrected chi connectivity index (χ0v) is 16.7. The van der Waals surface area contributed by atoms with Crippen LogP contribution in [0.4, 0.5) is 10.8 Å². The highest BCUT2D eigenvalue weighted by atomic mass is 32.1. The van der Waals surface area contributed by atoms with Crippen LogP contribution in [0.2, 0.25) is 0 Å². The summed E-state index contributed by atoms with van der Waals surface area (Å²) >= 11 is 6.60. The summed E-state index contributed by atoms with van der Waals surface area (Å²) in [6.07, 6.45) is 3.30. The van der Waals surface area contributed by atoms with Crippen molar-refractivity contribution in [2.45, 2.75) is 26.2 Å². The summed E-state index contributed by atoms with van der Waals surface area (Å²) in [6, 6.07) is 11.9. The Balaban J connectivity index is 1.69. The maximum atomic E-state index is 12.3. The number of aromatic nitrogens is 1. The van der Waals surface area contributed by atoms with Crippen molar-refractivity contribution in [3.63, 3.8) is 0 Å². The molecular weight excluding hydrogens is 396 g/mol. The van der Waals surface area contributed by atoms with Gasteiger partial charge in [0.1, 0.15) is 5.56 Å². The van der Waals surface area contributed by atoms with Crippen molar-refractivity contribution in [1.29, 1.82) is 0 Å². The molecule has 0 aliphatic rings. The van der Waals surface area contributed by atoms with Gasteiger partial charge in [-0.25, -0.2) is 4.98 Å². The second-order valence-electron chi connectivity index (χ2n) is 6.11. The summed E-state index contributed by atoms with van der Waals surface area (Å²) in [6.45, 7) is 2.16. The number of thiazole rings is 1. The number of aryl methyl sites for hydroxylation is 1. The van der Waals surface area contributed by atoms with Crippen molar-refractivity contribution in [2.75, 3.05) is 5.32 Å². The number of rotatable bonds is 6. The van der Waals surface area contributed by atoms with Crippen LogP contribution in [0.3, 0.4) is 0 Å². The molecule has 144 valence electrons. The van der Waals surface area contributed by atoms with Crippen LogP contribution in [0.15, 0.2) is 42.5 Å². The first kappa shape index (κ1) is 19.8. The van der Waals surface area contributed by atoms with Gasteiger partial charge in [0.15, 0.2) is 10.2 Å². The van der Waals surface area contributed by atoms with E-state index in [4.69, 9.17) is 12.2 Å². The van der Waals surface area contributed by atoms with Gasteiger partial charge in [-0.3, -0.25) is 20.2 Å². The number of anilines is 1. The van der Waals surface area contributed by atoms with E-state index in [0.29, 0.717) is 5.13 Å². The fourth-order valence-corrected chi connectivity index (χ4v) is 3.87. The minimum Gasteiger partial charge on any atom is -0.308 e. The molecule has 1 aromatic heterocycles. The molecule has 7 nitrogen and oxygen atoms in total. The summed E-state index contributed by atoms with van der Waals surface area (Å²) in [7, 11) is 0.